The molecule has 0 aromatic heterocycles. The maximum Gasteiger partial charge on any atom is 0.131 e. The number of benzene rings is 2. The van der Waals surface area contributed by atoms with Crippen molar-refractivity contribution < 1.29 is 4.74 Å². The van der Waals surface area contributed by atoms with Crippen LogP contribution in [0.3, 0.4) is 0 Å². The first-order valence-electron chi connectivity index (χ1n) is 5.69. The number of rotatable bonds is 3. The van der Waals surface area contributed by atoms with Crippen molar-refractivity contribution in [2.24, 2.45) is 0 Å². The third-order valence-electron chi connectivity index (χ3n) is 2.72. The Labute approximate surface area is 117 Å². The van der Waals surface area contributed by atoms with Gasteiger partial charge in [-0.1, -0.05) is 29.3 Å². The molecule has 3 heteroatoms. The van der Waals surface area contributed by atoms with E-state index in [0.29, 0.717) is 10.9 Å². The minimum Gasteiger partial charge on any atom is -0.457 e. The number of alkyl halides is 1. The highest BCUT2D eigenvalue weighted by atomic mass is 35.5. The molecule has 0 saturated heterocycles. The van der Waals surface area contributed by atoms with Crippen molar-refractivity contribution in [2.75, 3.05) is 0 Å². The largest absolute Gasteiger partial charge is 0.457 e. The Morgan fingerprint density at radius 1 is 1.00 bits per heavy atom. The molecule has 2 aromatic rings. The van der Waals surface area contributed by atoms with Gasteiger partial charge < -0.3 is 4.74 Å². The van der Waals surface area contributed by atoms with Crippen molar-refractivity contribution in [1.29, 1.82) is 0 Å². The monoisotopic (exact) mass is 280 g/mol. The van der Waals surface area contributed by atoms with E-state index in [1.807, 2.05) is 50.2 Å². The van der Waals surface area contributed by atoms with E-state index in [1.165, 1.54) is 5.56 Å². The van der Waals surface area contributed by atoms with E-state index in [1.54, 1.807) is 0 Å². The molecule has 0 aliphatic rings. The van der Waals surface area contributed by atoms with Gasteiger partial charge in [-0.2, -0.15) is 0 Å². The summed E-state index contributed by atoms with van der Waals surface area (Å²) in [6, 6.07) is 11.6. The Morgan fingerprint density at radius 2 is 1.72 bits per heavy atom. The zero-order valence-electron chi connectivity index (χ0n) is 10.3. The van der Waals surface area contributed by atoms with Gasteiger partial charge in [0.25, 0.3) is 0 Å². The highest BCUT2D eigenvalue weighted by molar-refractivity contribution is 6.30. The Bertz CT molecular complexity index is 564. The summed E-state index contributed by atoms with van der Waals surface area (Å²) in [7, 11) is 0. The molecule has 0 saturated carbocycles. The van der Waals surface area contributed by atoms with E-state index < -0.39 is 0 Å². The van der Waals surface area contributed by atoms with Crippen LogP contribution in [0.25, 0.3) is 0 Å². The molecule has 0 unspecified atom stereocenters. The van der Waals surface area contributed by atoms with Crippen molar-refractivity contribution >= 4 is 23.2 Å². The van der Waals surface area contributed by atoms with Crippen LogP contribution in [0, 0.1) is 13.8 Å². The lowest BCUT2D eigenvalue weighted by Gasteiger charge is -2.12. The highest BCUT2D eigenvalue weighted by Crippen LogP contribution is 2.30. The summed E-state index contributed by atoms with van der Waals surface area (Å²) in [5.74, 6) is 2.03. The number of halogens is 2. The molecular formula is C15H14Cl2O. The fraction of sp³-hybridized carbons (Fsp3) is 0.200. The third-order valence-corrected chi connectivity index (χ3v) is 3.24. The minimum absolute atomic E-state index is 0.434. The molecule has 0 N–H and O–H groups in total. The molecule has 0 fully saturated rings. The van der Waals surface area contributed by atoms with Gasteiger partial charge in [0.1, 0.15) is 11.5 Å². The average molecular weight is 281 g/mol. The van der Waals surface area contributed by atoms with Crippen LogP contribution in [0.5, 0.6) is 11.5 Å². The fourth-order valence-corrected chi connectivity index (χ4v) is 2.19. The van der Waals surface area contributed by atoms with Gasteiger partial charge in [-0.05, 0) is 43.7 Å². The van der Waals surface area contributed by atoms with Crippen molar-refractivity contribution in [2.45, 2.75) is 19.7 Å². The van der Waals surface area contributed by atoms with Crippen LogP contribution in [0.15, 0.2) is 36.4 Å². The molecule has 94 valence electrons. The van der Waals surface area contributed by atoms with Crippen LogP contribution in [-0.2, 0) is 5.88 Å². The van der Waals surface area contributed by atoms with Crippen molar-refractivity contribution in [1.82, 2.24) is 0 Å². The number of ether oxygens (including phenoxy) is 1. The first-order valence-corrected chi connectivity index (χ1v) is 6.61. The van der Waals surface area contributed by atoms with Crippen LogP contribution >= 0.6 is 23.2 Å². The topological polar surface area (TPSA) is 9.23 Å². The molecule has 2 rings (SSSR count). The Balaban J connectivity index is 2.33. The fourth-order valence-electron chi connectivity index (χ4n) is 1.76. The zero-order valence-corrected chi connectivity index (χ0v) is 11.8. The van der Waals surface area contributed by atoms with Gasteiger partial charge in [0.2, 0.25) is 0 Å². The minimum atomic E-state index is 0.434. The first-order chi connectivity index (χ1) is 8.60. The second-order valence-electron chi connectivity index (χ2n) is 4.26. The van der Waals surface area contributed by atoms with Crippen molar-refractivity contribution in [3.63, 3.8) is 0 Å². The lowest BCUT2D eigenvalue weighted by atomic mass is 10.1. The molecule has 0 amide bonds. The van der Waals surface area contributed by atoms with Crippen molar-refractivity contribution in [3.8, 4) is 11.5 Å². The first kappa shape index (κ1) is 13.3. The summed E-state index contributed by atoms with van der Waals surface area (Å²) in [5, 5.41) is 0.710. The maximum absolute atomic E-state index is 5.93. The average Bonchev–Trinajstić information content (AvgIpc) is 2.34. The lowest BCUT2D eigenvalue weighted by molar-refractivity contribution is 0.474. The summed E-state index contributed by atoms with van der Waals surface area (Å²) in [4.78, 5) is 0. The highest BCUT2D eigenvalue weighted by Gasteiger charge is 2.07. The van der Waals surface area contributed by atoms with Gasteiger partial charge in [-0.15, -0.1) is 11.6 Å². The Kier molecular flexibility index (Phi) is 4.15. The lowest BCUT2D eigenvalue weighted by Crippen LogP contribution is -1.92. The molecular weight excluding hydrogens is 267 g/mol. The smallest absolute Gasteiger partial charge is 0.131 e. The van der Waals surface area contributed by atoms with Crippen LogP contribution in [0.2, 0.25) is 5.02 Å². The van der Waals surface area contributed by atoms with Gasteiger partial charge in [0, 0.05) is 10.6 Å². The summed E-state index contributed by atoms with van der Waals surface area (Å²) in [6.45, 7) is 4.00. The van der Waals surface area contributed by atoms with E-state index in [2.05, 4.69) is 0 Å². The second-order valence-corrected chi connectivity index (χ2v) is 4.96. The predicted molar refractivity (Wildman–Crippen MR) is 77.0 cm³/mol. The molecule has 1 nitrogen and oxygen atoms in total. The summed E-state index contributed by atoms with van der Waals surface area (Å²) in [6.07, 6.45) is 0. The summed E-state index contributed by atoms with van der Waals surface area (Å²) < 4.78 is 5.90. The van der Waals surface area contributed by atoms with Gasteiger partial charge in [-0.25, -0.2) is 0 Å². The van der Waals surface area contributed by atoms with Crippen molar-refractivity contribution in [3.05, 3.63) is 58.1 Å². The van der Waals surface area contributed by atoms with Crippen LogP contribution in [0.4, 0.5) is 0 Å². The predicted octanol–water partition coefficient (Wildman–Crippen LogP) is 5.49. The van der Waals surface area contributed by atoms with Crippen LogP contribution in [0.1, 0.15) is 16.7 Å². The molecule has 2 aromatic carbocycles. The second kappa shape index (κ2) is 5.64. The number of hydrogen-bond donors (Lipinski definition) is 0. The van der Waals surface area contributed by atoms with E-state index >= 15 is 0 Å². The third kappa shape index (κ3) is 2.98. The van der Waals surface area contributed by atoms with E-state index in [4.69, 9.17) is 27.9 Å². The molecule has 0 atom stereocenters. The van der Waals surface area contributed by atoms with Gasteiger partial charge in [0.15, 0.2) is 0 Å². The molecule has 0 radical (unpaired) electrons. The summed E-state index contributed by atoms with van der Waals surface area (Å²) >= 11 is 11.9. The molecule has 0 heterocycles. The number of hydrogen-bond acceptors (Lipinski definition) is 1. The van der Waals surface area contributed by atoms with E-state index in [9.17, 15) is 0 Å². The van der Waals surface area contributed by atoms with Crippen LogP contribution < -0.4 is 4.74 Å². The maximum atomic E-state index is 5.93. The number of aryl methyl sites for hydroxylation is 2. The standard InChI is InChI=1S/C15H14Cl2O/c1-10-3-5-15(12(7-10)9-16)18-14-6-4-13(17)8-11(14)2/h3-8H,9H2,1-2H3. The SMILES string of the molecule is Cc1ccc(Oc2ccc(Cl)cc2C)c(CCl)c1. The van der Waals surface area contributed by atoms with E-state index in [0.717, 1.165) is 22.6 Å². The zero-order chi connectivity index (χ0) is 13.1. The molecule has 0 aliphatic carbocycles. The normalized spacial score (nSPS) is 10.4. The molecule has 0 bridgehead atoms. The van der Waals surface area contributed by atoms with Gasteiger partial charge in [-0.3, -0.25) is 0 Å². The molecule has 0 spiro atoms. The molecule has 18 heavy (non-hydrogen) atoms. The quantitative estimate of drug-likeness (QED) is 0.676. The van der Waals surface area contributed by atoms with Crippen LogP contribution in [-0.4, -0.2) is 0 Å². The van der Waals surface area contributed by atoms with Gasteiger partial charge >= 0.3 is 0 Å². The van der Waals surface area contributed by atoms with Gasteiger partial charge in [0.05, 0.1) is 5.88 Å². The molecule has 0 aliphatic heterocycles. The Hall–Kier alpha value is -1.18. The Morgan fingerprint density at radius 3 is 2.39 bits per heavy atom. The van der Waals surface area contributed by atoms with E-state index in [-0.39, 0.29) is 0 Å². The summed E-state index contributed by atoms with van der Waals surface area (Å²) in [5.41, 5.74) is 3.17.